The second kappa shape index (κ2) is 10.0. The number of hydrogen-bond donors (Lipinski definition) is 0. The zero-order valence-corrected chi connectivity index (χ0v) is 21.4. The van der Waals surface area contributed by atoms with Crippen molar-refractivity contribution in [2.75, 3.05) is 4.90 Å². The van der Waals surface area contributed by atoms with Crippen LogP contribution >= 0.6 is 0 Å². The van der Waals surface area contributed by atoms with Crippen LogP contribution in [0.2, 0.25) is 0 Å². The molecule has 3 heterocycles. The van der Waals surface area contributed by atoms with Gasteiger partial charge in [-0.1, -0.05) is 30.3 Å². The van der Waals surface area contributed by atoms with Crippen molar-refractivity contribution in [2.24, 2.45) is 0 Å². The third-order valence-corrected chi connectivity index (χ3v) is 6.82. The van der Waals surface area contributed by atoms with Gasteiger partial charge in [-0.05, 0) is 91.0 Å². The summed E-state index contributed by atoms with van der Waals surface area (Å²) >= 11 is 0. The average Bonchev–Trinajstić information content (AvgIpc) is 3.32. The first-order valence-corrected chi connectivity index (χ1v) is 12.9. The molecule has 0 amide bonds. The van der Waals surface area contributed by atoms with Gasteiger partial charge in [-0.2, -0.15) is 0 Å². The number of benzene rings is 4. The third-order valence-electron chi connectivity index (χ3n) is 6.82. The van der Waals surface area contributed by atoms with E-state index in [0.29, 0.717) is 11.6 Å². The van der Waals surface area contributed by atoms with Gasteiger partial charge >= 0.3 is 0 Å². The molecular formula is C34H23FN4O. The summed E-state index contributed by atoms with van der Waals surface area (Å²) in [6, 6.07) is 40.6. The molecule has 0 spiro atoms. The molecule has 4 aromatic carbocycles. The maximum Gasteiger partial charge on any atom is 0.219 e. The number of pyridine rings is 2. The third kappa shape index (κ3) is 4.31. The summed E-state index contributed by atoms with van der Waals surface area (Å²) in [5.41, 5.74) is 4.82. The molecule has 0 aliphatic carbocycles. The van der Waals surface area contributed by atoms with Crippen molar-refractivity contribution < 1.29 is 9.13 Å². The van der Waals surface area contributed by atoms with Crippen LogP contribution in [-0.2, 0) is 0 Å². The molecule has 0 saturated carbocycles. The Balaban J connectivity index is 1.46. The predicted octanol–water partition coefficient (Wildman–Crippen LogP) is 8.97. The Hall–Kier alpha value is -5.49. The number of fused-ring (bicyclic) bond motifs is 3. The molecule has 5 nitrogen and oxygen atoms in total. The van der Waals surface area contributed by atoms with Gasteiger partial charge < -0.3 is 9.30 Å². The normalized spacial score (nSPS) is 11.1. The van der Waals surface area contributed by atoms with Gasteiger partial charge in [0.2, 0.25) is 5.88 Å². The molecule has 6 heteroatoms. The van der Waals surface area contributed by atoms with Gasteiger partial charge in [-0.3, -0.25) is 4.90 Å². The van der Waals surface area contributed by atoms with E-state index < -0.39 is 0 Å². The average molecular weight is 523 g/mol. The minimum Gasteiger partial charge on any atom is -0.439 e. The minimum absolute atomic E-state index is 0.272. The molecule has 0 atom stereocenters. The summed E-state index contributed by atoms with van der Waals surface area (Å²) in [6.45, 7) is 0. The van der Waals surface area contributed by atoms with Crippen molar-refractivity contribution in [1.82, 2.24) is 14.5 Å². The second-order valence-electron chi connectivity index (χ2n) is 9.32. The number of aromatic nitrogens is 3. The Labute approximate surface area is 230 Å². The van der Waals surface area contributed by atoms with E-state index in [1.54, 1.807) is 24.5 Å². The van der Waals surface area contributed by atoms with Crippen LogP contribution in [0.15, 0.2) is 140 Å². The summed E-state index contributed by atoms with van der Waals surface area (Å²) in [6.07, 6.45) is 3.50. The van der Waals surface area contributed by atoms with Crippen LogP contribution < -0.4 is 9.64 Å². The lowest BCUT2D eigenvalue weighted by molar-refractivity contribution is 0.463. The van der Waals surface area contributed by atoms with E-state index in [1.807, 2.05) is 72.8 Å². The lowest BCUT2D eigenvalue weighted by Crippen LogP contribution is -2.11. The van der Waals surface area contributed by atoms with E-state index in [1.165, 1.54) is 12.1 Å². The van der Waals surface area contributed by atoms with Crippen LogP contribution in [0.25, 0.3) is 27.5 Å². The van der Waals surface area contributed by atoms with E-state index in [4.69, 9.17) is 4.74 Å². The van der Waals surface area contributed by atoms with Crippen LogP contribution in [0.5, 0.6) is 11.6 Å². The molecule has 3 aromatic heterocycles. The number of hydrogen-bond acceptors (Lipinski definition) is 4. The highest BCUT2D eigenvalue weighted by Gasteiger charge is 2.18. The Morgan fingerprint density at radius 3 is 2.02 bits per heavy atom. The zero-order chi connectivity index (χ0) is 26.9. The van der Waals surface area contributed by atoms with Crippen molar-refractivity contribution in [3.8, 4) is 17.3 Å². The SMILES string of the molecule is Fc1ccc(-n2c3ccc(Oc4ccccn4)cc3c3cc(N(c4ccccc4)c4ccccn4)ccc32)cc1. The van der Waals surface area contributed by atoms with Gasteiger partial charge in [0, 0.05) is 46.3 Å². The van der Waals surface area contributed by atoms with Crippen molar-refractivity contribution in [3.63, 3.8) is 0 Å². The largest absolute Gasteiger partial charge is 0.439 e. The predicted molar refractivity (Wildman–Crippen MR) is 158 cm³/mol. The first-order chi connectivity index (χ1) is 19.7. The van der Waals surface area contributed by atoms with Gasteiger partial charge in [0.15, 0.2) is 0 Å². The van der Waals surface area contributed by atoms with Crippen molar-refractivity contribution in [1.29, 1.82) is 0 Å². The fraction of sp³-hybridized carbons (Fsp3) is 0. The molecular weight excluding hydrogens is 499 g/mol. The molecule has 0 aliphatic heterocycles. The first-order valence-electron chi connectivity index (χ1n) is 12.9. The quantitative estimate of drug-likeness (QED) is 0.219. The molecule has 40 heavy (non-hydrogen) atoms. The highest BCUT2D eigenvalue weighted by Crippen LogP contribution is 2.40. The first kappa shape index (κ1) is 23.6. The van der Waals surface area contributed by atoms with Gasteiger partial charge in [0.1, 0.15) is 17.4 Å². The molecule has 7 rings (SSSR count). The fourth-order valence-electron chi connectivity index (χ4n) is 5.07. The molecule has 0 N–H and O–H groups in total. The molecule has 7 aromatic rings. The molecule has 192 valence electrons. The number of anilines is 3. The van der Waals surface area contributed by atoms with Crippen molar-refractivity contribution in [2.45, 2.75) is 0 Å². The van der Waals surface area contributed by atoms with E-state index >= 15 is 0 Å². The highest BCUT2D eigenvalue weighted by atomic mass is 19.1. The van der Waals surface area contributed by atoms with Crippen molar-refractivity contribution in [3.05, 3.63) is 146 Å². The molecule has 0 aliphatic rings. The standard InChI is InChI=1S/C34H23FN4O/c35-24-12-14-26(15-13-24)39-31-18-16-27(38(25-8-2-1-3-9-25)33-10-4-6-20-36-33)22-29(31)30-23-28(17-19-32(30)39)40-34-11-5-7-21-37-34/h1-23H. The minimum atomic E-state index is -0.272. The maximum absolute atomic E-state index is 13.8. The molecule has 0 bridgehead atoms. The maximum atomic E-state index is 13.8. The van der Waals surface area contributed by atoms with Gasteiger partial charge in [-0.25, -0.2) is 14.4 Å². The van der Waals surface area contributed by atoms with Crippen LogP contribution in [0, 0.1) is 5.82 Å². The van der Waals surface area contributed by atoms with Gasteiger partial charge in [-0.15, -0.1) is 0 Å². The number of para-hydroxylation sites is 1. The Morgan fingerprint density at radius 1 is 0.600 bits per heavy atom. The Bertz CT molecular complexity index is 1880. The fourth-order valence-corrected chi connectivity index (χ4v) is 5.07. The molecule has 0 unspecified atom stereocenters. The number of rotatable bonds is 6. The number of nitrogens with zero attached hydrogens (tertiary/aromatic N) is 4. The monoisotopic (exact) mass is 522 g/mol. The zero-order valence-electron chi connectivity index (χ0n) is 21.4. The molecule has 0 fully saturated rings. The summed E-state index contributed by atoms with van der Waals surface area (Å²) < 4.78 is 22.1. The highest BCUT2D eigenvalue weighted by molar-refractivity contribution is 6.11. The number of ether oxygens (including phenoxy) is 1. The molecule has 0 saturated heterocycles. The Morgan fingerprint density at radius 2 is 1.30 bits per heavy atom. The van der Waals surface area contributed by atoms with E-state index in [0.717, 1.165) is 44.7 Å². The summed E-state index contributed by atoms with van der Waals surface area (Å²) in [7, 11) is 0. The van der Waals surface area contributed by atoms with Crippen LogP contribution in [0.4, 0.5) is 21.6 Å². The summed E-state index contributed by atoms with van der Waals surface area (Å²) in [5.74, 6) is 1.75. The second-order valence-corrected chi connectivity index (χ2v) is 9.32. The lowest BCUT2D eigenvalue weighted by atomic mass is 10.1. The summed E-state index contributed by atoms with van der Waals surface area (Å²) in [5, 5.41) is 2.03. The topological polar surface area (TPSA) is 43.2 Å². The van der Waals surface area contributed by atoms with Gasteiger partial charge in [0.25, 0.3) is 0 Å². The van der Waals surface area contributed by atoms with E-state index in [9.17, 15) is 4.39 Å². The molecule has 0 radical (unpaired) electrons. The Kier molecular flexibility index (Phi) is 5.90. The van der Waals surface area contributed by atoms with E-state index in [2.05, 4.69) is 49.8 Å². The summed E-state index contributed by atoms with van der Waals surface area (Å²) in [4.78, 5) is 11.1. The lowest BCUT2D eigenvalue weighted by Gasteiger charge is -2.24. The number of halogens is 1. The van der Waals surface area contributed by atoms with Crippen LogP contribution in [0.1, 0.15) is 0 Å². The van der Waals surface area contributed by atoms with Crippen molar-refractivity contribution >= 4 is 39.0 Å². The van der Waals surface area contributed by atoms with E-state index in [-0.39, 0.29) is 5.82 Å². The van der Waals surface area contributed by atoms with Gasteiger partial charge in [0.05, 0.1) is 11.0 Å². The smallest absolute Gasteiger partial charge is 0.219 e. The van der Waals surface area contributed by atoms with Crippen LogP contribution in [0.3, 0.4) is 0 Å². The van der Waals surface area contributed by atoms with Crippen LogP contribution in [-0.4, -0.2) is 14.5 Å².